The quantitative estimate of drug-likeness (QED) is 0.123. The summed E-state index contributed by atoms with van der Waals surface area (Å²) in [5, 5.41) is 7.00. The van der Waals surface area contributed by atoms with Crippen LogP contribution in [0.15, 0.2) is 456 Å². The third kappa shape index (κ3) is 12.0. The summed E-state index contributed by atoms with van der Waals surface area (Å²) in [7, 11) is 0. The molecule has 22 aromatic rings. The summed E-state index contributed by atoms with van der Waals surface area (Å²) in [6, 6.07) is 156. The van der Waals surface area contributed by atoms with Crippen LogP contribution >= 0.6 is 23.5 Å². The lowest BCUT2D eigenvalue weighted by atomic mass is 9.67. The van der Waals surface area contributed by atoms with Gasteiger partial charge in [-0.3, -0.25) is 0 Å². The Kier molecular flexibility index (Phi) is 17.8. The van der Waals surface area contributed by atoms with E-state index in [1.807, 2.05) is 96.3 Å². The Morgan fingerprint density at radius 1 is 0.164 bits per heavy atom. The van der Waals surface area contributed by atoms with Crippen molar-refractivity contribution < 1.29 is 0 Å². The molecule has 0 saturated heterocycles. The summed E-state index contributed by atoms with van der Waals surface area (Å²) in [4.78, 5) is 46.4. The molecule has 2 aliphatic carbocycles. The number of pyridine rings is 2. The molecule has 0 unspecified atom stereocenters. The minimum absolute atomic E-state index is 0.462. The van der Waals surface area contributed by atoms with Crippen LogP contribution in [0.2, 0.25) is 0 Å². The molecule has 0 saturated carbocycles. The zero-order chi connectivity index (χ0) is 84.4. The Morgan fingerprint density at radius 3 is 0.812 bits per heavy atom. The second-order valence-corrected chi connectivity index (χ2v) is 35.1. The van der Waals surface area contributed by atoms with Gasteiger partial charge in [-0.25, -0.2) is 39.9 Å². The highest BCUT2D eigenvalue weighted by Gasteiger charge is 2.53. The van der Waals surface area contributed by atoms with Gasteiger partial charge in [0.15, 0.2) is 34.9 Å². The first-order chi connectivity index (χ1) is 63.4. The third-order valence-electron chi connectivity index (χ3n) is 26.0. The molecule has 0 amide bonds. The van der Waals surface area contributed by atoms with E-state index in [4.69, 9.17) is 39.9 Å². The van der Waals surface area contributed by atoms with Crippen LogP contribution in [-0.4, -0.2) is 39.9 Å². The molecule has 0 fully saturated rings. The van der Waals surface area contributed by atoms with Gasteiger partial charge in [0.1, 0.15) is 0 Å². The number of rotatable bonds is 10. The van der Waals surface area contributed by atoms with Crippen molar-refractivity contribution in [2.75, 3.05) is 0 Å². The van der Waals surface area contributed by atoms with E-state index in [0.717, 1.165) is 105 Å². The van der Waals surface area contributed by atoms with Gasteiger partial charge in [0.05, 0.1) is 33.3 Å². The van der Waals surface area contributed by atoms with E-state index in [2.05, 4.69) is 364 Å². The number of nitrogens with zero attached hydrogens (tertiary/aromatic N) is 8. The van der Waals surface area contributed by atoms with Crippen molar-refractivity contribution in [2.24, 2.45) is 0 Å². The van der Waals surface area contributed by atoms with E-state index in [9.17, 15) is 0 Å². The molecule has 0 bridgehead atoms. The van der Waals surface area contributed by atoms with Crippen molar-refractivity contribution in [1.29, 1.82) is 0 Å². The molecule has 10 heteroatoms. The Bertz CT molecular complexity index is 8140. The zero-order valence-electron chi connectivity index (χ0n) is 69.0. The van der Waals surface area contributed by atoms with Crippen molar-refractivity contribution in [2.45, 2.75) is 30.4 Å². The van der Waals surface area contributed by atoms with E-state index in [1.54, 1.807) is 0 Å². The first kappa shape index (κ1) is 74.6. The summed E-state index contributed by atoms with van der Waals surface area (Å²) in [6.07, 6.45) is 0. The van der Waals surface area contributed by atoms with Crippen molar-refractivity contribution in [3.8, 4) is 135 Å². The Hall–Kier alpha value is -16.0. The number of fused-ring (bicyclic) bond motifs is 26. The number of hydrogen-bond donors (Lipinski definition) is 0. The summed E-state index contributed by atoms with van der Waals surface area (Å²) in [6.45, 7) is 0. The second-order valence-electron chi connectivity index (χ2n) is 32.9. The molecule has 6 heterocycles. The minimum Gasteiger partial charge on any atom is -0.247 e. The molecule has 0 atom stereocenters. The van der Waals surface area contributed by atoms with Crippen LogP contribution in [0.3, 0.4) is 0 Å². The lowest BCUT2D eigenvalue weighted by molar-refractivity contribution is 0.723. The van der Waals surface area contributed by atoms with Crippen LogP contribution in [0, 0.1) is 0 Å². The Labute approximate surface area is 748 Å². The normalized spacial score (nSPS) is 13.1. The number of aromatic nitrogens is 8. The van der Waals surface area contributed by atoms with Crippen LogP contribution in [0.4, 0.5) is 0 Å². The van der Waals surface area contributed by atoms with Gasteiger partial charge in [-0.05, 0) is 131 Å². The molecular weight excluding hydrogens is 1590 g/mol. The molecule has 8 nitrogen and oxygen atoms in total. The predicted octanol–water partition coefficient (Wildman–Crippen LogP) is 29.5. The maximum Gasteiger partial charge on any atom is 0.164 e. The van der Waals surface area contributed by atoms with Crippen LogP contribution in [0.1, 0.15) is 44.5 Å². The van der Waals surface area contributed by atoms with Gasteiger partial charge in [0.2, 0.25) is 0 Å². The Morgan fingerprint density at radius 2 is 0.430 bits per heavy atom. The first-order valence-electron chi connectivity index (χ1n) is 43.3. The fourth-order valence-corrected chi connectivity index (χ4v) is 22.8. The fourth-order valence-electron chi connectivity index (χ4n) is 20.4. The smallest absolute Gasteiger partial charge is 0.164 e. The minimum atomic E-state index is -0.463. The topological polar surface area (TPSA) is 103 Å². The molecule has 18 aromatic carbocycles. The number of benzene rings is 18. The monoisotopic (exact) mass is 1660 g/mol. The molecule has 4 aromatic heterocycles. The van der Waals surface area contributed by atoms with Gasteiger partial charge in [-0.15, -0.1) is 0 Å². The van der Waals surface area contributed by atoms with E-state index < -0.39 is 10.8 Å². The van der Waals surface area contributed by atoms with Crippen LogP contribution in [0.5, 0.6) is 0 Å². The van der Waals surface area contributed by atoms with Gasteiger partial charge < -0.3 is 0 Å². The van der Waals surface area contributed by atoms with Crippen LogP contribution in [0.25, 0.3) is 179 Å². The van der Waals surface area contributed by atoms with Gasteiger partial charge in [0, 0.05) is 96.4 Å². The lowest BCUT2D eigenvalue weighted by Gasteiger charge is -2.39. The van der Waals surface area contributed by atoms with Gasteiger partial charge in [0.25, 0.3) is 0 Å². The SMILES string of the molecule is c1ccc(-c2ccc(-c3nc(-c4ccccc4)nc(-c4ccc(-c5nc6ccccc6c6c7c(ccc56)C5(c6ccccc6Sc6ccccc65)c5ccccc5-7)cc4)n3)cc2)cc1.c1ccc(-c2cccc(-c3nc(-c4ccccc4)nc(-c4ccc(-c5nc6ccccc6c6c7c(ccc56)C5(c6ccccc6Sc6ccccc65)c5ccccc5-7)cc4)n3)c2)cc1. The average molecular weight is 1670 g/mol. The van der Waals surface area contributed by atoms with Crippen molar-refractivity contribution in [3.05, 3.63) is 481 Å². The zero-order valence-corrected chi connectivity index (χ0v) is 70.6. The summed E-state index contributed by atoms with van der Waals surface area (Å²) >= 11 is 3.75. The molecule has 4 aliphatic rings. The lowest BCUT2D eigenvalue weighted by Crippen LogP contribution is -2.31. The first-order valence-corrected chi connectivity index (χ1v) is 44.9. The second kappa shape index (κ2) is 30.5. The highest BCUT2D eigenvalue weighted by atomic mass is 32.2. The van der Waals surface area contributed by atoms with Gasteiger partial charge in [-0.1, -0.05) is 418 Å². The van der Waals surface area contributed by atoms with E-state index in [0.29, 0.717) is 34.9 Å². The number of hydrogen-bond acceptors (Lipinski definition) is 10. The van der Waals surface area contributed by atoms with Crippen LogP contribution < -0.4 is 0 Å². The summed E-state index contributed by atoms with van der Waals surface area (Å²) < 4.78 is 0. The Balaban J connectivity index is 0.000000139. The van der Waals surface area contributed by atoms with Crippen molar-refractivity contribution in [1.82, 2.24) is 39.9 Å². The van der Waals surface area contributed by atoms with E-state index in [-0.39, 0.29) is 0 Å². The molecule has 2 spiro atoms. The summed E-state index contributed by atoms with van der Waals surface area (Å²) in [5.74, 6) is 3.75. The van der Waals surface area contributed by atoms with Crippen molar-refractivity contribution in [3.63, 3.8) is 0 Å². The standard InChI is InChI=1S/2C59H36N4S/c1-3-16-37(17-4-1)41-20-15-21-42(36-41)58-62-56(39-18-5-2-6-19-39)61-57(63-58)40-32-30-38(31-33-40)55-45-34-35-49-54(53(45)44-23-8-12-27-50(44)60-55)43-22-7-9-24-46(43)59(49)47-25-10-13-28-51(47)64-52-29-14-11-26-48(52)59;1-3-15-37(16-4-1)38-27-31-41(32-28-38)57-61-56(40-17-5-2-6-18-40)62-58(63-57)42-33-29-39(30-34-42)55-45-35-36-49-54(53(45)44-20-8-12-24-50(44)60-55)43-19-7-9-21-46(43)59(49)47-22-10-13-25-51(47)64-52-26-14-11-23-48(52)59/h2*1-36H. The van der Waals surface area contributed by atoms with E-state index >= 15 is 0 Å². The van der Waals surface area contributed by atoms with Crippen LogP contribution in [-0.2, 0) is 10.8 Å². The predicted molar refractivity (Wildman–Crippen MR) is 522 cm³/mol. The van der Waals surface area contributed by atoms with E-state index in [1.165, 1.54) is 103 Å². The molecular formula is C118H72N8S2. The highest BCUT2D eigenvalue weighted by Crippen LogP contribution is 2.66. The maximum absolute atomic E-state index is 5.43. The van der Waals surface area contributed by atoms with Gasteiger partial charge in [-0.2, -0.15) is 0 Å². The molecule has 26 rings (SSSR count). The largest absolute Gasteiger partial charge is 0.247 e. The molecule has 0 radical (unpaired) electrons. The van der Waals surface area contributed by atoms with Gasteiger partial charge >= 0.3 is 0 Å². The fraction of sp³-hybridized carbons (Fsp3) is 0.0169. The summed E-state index contributed by atoms with van der Waals surface area (Å²) in [5.41, 5.74) is 30.8. The molecule has 2 aliphatic heterocycles. The number of para-hydroxylation sites is 2. The highest BCUT2D eigenvalue weighted by molar-refractivity contribution is 7.99. The molecule has 596 valence electrons. The van der Waals surface area contributed by atoms with Crippen molar-refractivity contribution >= 4 is 66.9 Å². The molecule has 0 N–H and O–H groups in total. The average Bonchev–Trinajstić information content (AvgIpc) is 1.51. The maximum atomic E-state index is 5.43. The molecule has 128 heavy (non-hydrogen) atoms. The third-order valence-corrected chi connectivity index (χ3v) is 28.3.